The van der Waals surface area contributed by atoms with E-state index in [-0.39, 0.29) is 0 Å². The standard InChI is InChI=1S/C15H14N2S/c1-2-7-15-12(4-1)5-3-6-13(15)8-16-9-14-10-18-11-17-14/h1-7,10-11,16H,8-9H2. The minimum Gasteiger partial charge on any atom is -0.307 e. The summed E-state index contributed by atoms with van der Waals surface area (Å²) in [5.74, 6) is 0. The van der Waals surface area contributed by atoms with Crippen molar-refractivity contribution in [3.05, 3.63) is 64.6 Å². The van der Waals surface area contributed by atoms with E-state index < -0.39 is 0 Å². The maximum atomic E-state index is 4.27. The minimum absolute atomic E-state index is 0.826. The van der Waals surface area contributed by atoms with Crippen LogP contribution in [0.15, 0.2) is 53.4 Å². The molecule has 3 aromatic rings. The maximum Gasteiger partial charge on any atom is 0.0795 e. The average Bonchev–Trinajstić information content (AvgIpc) is 2.92. The maximum absolute atomic E-state index is 4.27. The van der Waals surface area contributed by atoms with Crippen LogP contribution in [0.4, 0.5) is 0 Å². The molecule has 3 rings (SSSR count). The van der Waals surface area contributed by atoms with Gasteiger partial charge in [0.1, 0.15) is 0 Å². The van der Waals surface area contributed by atoms with Gasteiger partial charge in [0.25, 0.3) is 0 Å². The molecule has 0 radical (unpaired) electrons. The molecule has 90 valence electrons. The molecular weight excluding hydrogens is 240 g/mol. The highest BCUT2D eigenvalue weighted by Crippen LogP contribution is 2.18. The van der Waals surface area contributed by atoms with Gasteiger partial charge >= 0.3 is 0 Å². The molecule has 0 bridgehead atoms. The Morgan fingerprint density at radius 2 is 1.89 bits per heavy atom. The van der Waals surface area contributed by atoms with Gasteiger partial charge in [0.15, 0.2) is 0 Å². The molecule has 18 heavy (non-hydrogen) atoms. The highest BCUT2D eigenvalue weighted by atomic mass is 32.1. The van der Waals surface area contributed by atoms with E-state index in [1.165, 1.54) is 16.3 Å². The van der Waals surface area contributed by atoms with E-state index in [0.29, 0.717) is 0 Å². The summed E-state index contributed by atoms with van der Waals surface area (Å²) < 4.78 is 0. The smallest absolute Gasteiger partial charge is 0.0795 e. The predicted molar refractivity (Wildman–Crippen MR) is 76.6 cm³/mol. The van der Waals surface area contributed by atoms with Crippen molar-refractivity contribution < 1.29 is 0 Å². The summed E-state index contributed by atoms with van der Waals surface area (Å²) in [4.78, 5) is 4.27. The zero-order valence-corrected chi connectivity index (χ0v) is 10.8. The van der Waals surface area contributed by atoms with E-state index >= 15 is 0 Å². The third-order valence-electron chi connectivity index (χ3n) is 2.98. The topological polar surface area (TPSA) is 24.9 Å². The van der Waals surface area contributed by atoms with E-state index in [9.17, 15) is 0 Å². The van der Waals surface area contributed by atoms with E-state index in [1.54, 1.807) is 11.3 Å². The summed E-state index contributed by atoms with van der Waals surface area (Å²) in [6.07, 6.45) is 0. The first kappa shape index (κ1) is 11.4. The fraction of sp³-hybridized carbons (Fsp3) is 0.133. The van der Waals surface area contributed by atoms with E-state index in [0.717, 1.165) is 18.8 Å². The first-order valence-corrected chi connectivity index (χ1v) is 6.92. The molecule has 0 atom stereocenters. The normalized spacial score (nSPS) is 10.9. The highest BCUT2D eigenvalue weighted by Gasteiger charge is 2.00. The Labute approximate surface area is 110 Å². The number of nitrogens with zero attached hydrogens (tertiary/aromatic N) is 1. The first-order valence-electron chi connectivity index (χ1n) is 5.98. The minimum atomic E-state index is 0.826. The van der Waals surface area contributed by atoms with Crippen molar-refractivity contribution in [3.8, 4) is 0 Å². The van der Waals surface area contributed by atoms with E-state index in [1.807, 2.05) is 5.51 Å². The summed E-state index contributed by atoms with van der Waals surface area (Å²) in [6.45, 7) is 1.70. The Bertz CT molecular complexity index is 627. The van der Waals surface area contributed by atoms with Crippen molar-refractivity contribution in [3.63, 3.8) is 0 Å². The second kappa shape index (κ2) is 5.29. The van der Waals surface area contributed by atoms with Crippen LogP contribution in [0.25, 0.3) is 10.8 Å². The van der Waals surface area contributed by atoms with Gasteiger partial charge in [-0.05, 0) is 16.3 Å². The summed E-state index contributed by atoms with van der Waals surface area (Å²) >= 11 is 1.64. The monoisotopic (exact) mass is 254 g/mol. The molecule has 0 unspecified atom stereocenters. The van der Waals surface area contributed by atoms with Crippen LogP contribution in [0.2, 0.25) is 0 Å². The lowest BCUT2D eigenvalue weighted by molar-refractivity contribution is 0.686. The van der Waals surface area contributed by atoms with Gasteiger partial charge in [-0.3, -0.25) is 0 Å². The van der Waals surface area contributed by atoms with Gasteiger partial charge in [-0.2, -0.15) is 0 Å². The van der Waals surface area contributed by atoms with Gasteiger partial charge in [0.2, 0.25) is 0 Å². The van der Waals surface area contributed by atoms with Gasteiger partial charge in [-0.1, -0.05) is 42.5 Å². The zero-order chi connectivity index (χ0) is 12.2. The molecule has 3 heteroatoms. The van der Waals surface area contributed by atoms with Gasteiger partial charge in [0, 0.05) is 18.5 Å². The second-order valence-electron chi connectivity index (χ2n) is 4.22. The van der Waals surface area contributed by atoms with Crippen molar-refractivity contribution >= 4 is 22.1 Å². The van der Waals surface area contributed by atoms with E-state index in [2.05, 4.69) is 58.1 Å². The largest absolute Gasteiger partial charge is 0.307 e. The zero-order valence-electron chi connectivity index (χ0n) is 9.97. The summed E-state index contributed by atoms with van der Waals surface area (Å²) in [5, 5.41) is 8.14. The Morgan fingerprint density at radius 1 is 1.00 bits per heavy atom. The predicted octanol–water partition coefficient (Wildman–Crippen LogP) is 3.59. The molecule has 2 nitrogen and oxygen atoms in total. The van der Waals surface area contributed by atoms with Crippen molar-refractivity contribution in [1.29, 1.82) is 0 Å². The number of rotatable bonds is 4. The number of benzene rings is 2. The Kier molecular flexibility index (Phi) is 3.35. The fourth-order valence-corrected chi connectivity index (χ4v) is 2.66. The second-order valence-corrected chi connectivity index (χ2v) is 4.94. The van der Waals surface area contributed by atoms with Crippen molar-refractivity contribution in [2.24, 2.45) is 0 Å². The van der Waals surface area contributed by atoms with Crippen LogP contribution in [0.5, 0.6) is 0 Å². The molecule has 2 aromatic carbocycles. The molecule has 0 aliphatic carbocycles. The lowest BCUT2D eigenvalue weighted by atomic mass is 10.0. The molecule has 0 aliphatic heterocycles. The van der Waals surface area contributed by atoms with Gasteiger partial charge in [-0.25, -0.2) is 4.98 Å². The molecule has 0 fully saturated rings. The molecule has 0 amide bonds. The van der Waals surface area contributed by atoms with Gasteiger partial charge in [0.05, 0.1) is 11.2 Å². The van der Waals surface area contributed by atoms with Crippen LogP contribution in [0.1, 0.15) is 11.3 Å². The Morgan fingerprint density at radius 3 is 2.78 bits per heavy atom. The lowest BCUT2D eigenvalue weighted by Gasteiger charge is -2.07. The van der Waals surface area contributed by atoms with Crippen LogP contribution < -0.4 is 5.32 Å². The Hall–Kier alpha value is -1.71. The van der Waals surface area contributed by atoms with Crippen molar-refractivity contribution in [2.75, 3.05) is 0 Å². The molecule has 0 aliphatic rings. The highest BCUT2D eigenvalue weighted by molar-refractivity contribution is 7.07. The molecule has 1 heterocycles. The third-order valence-corrected chi connectivity index (χ3v) is 3.62. The first-order chi connectivity index (χ1) is 8.93. The molecule has 0 spiro atoms. The quantitative estimate of drug-likeness (QED) is 0.769. The molecule has 1 aromatic heterocycles. The van der Waals surface area contributed by atoms with Crippen molar-refractivity contribution in [1.82, 2.24) is 10.3 Å². The number of fused-ring (bicyclic) bond motifs is 1. The van der Waals surface area contributed by atoms with Crippen LogP contribution in [-0.2, 0) is 13.1 Å². The SMILES string of the molecule is c1ccc2c(CNCc3cscn3)cccc2c1. The summed E-state index contributed by atoms with van der Waals surface area (Å²) in [7, 11) is 0. The molecule has 1 N–H and O–H groups in total. The number of thiazole rings is 1. The molecule has 0 saturated carbocycles. The fourth-order valence-electron chi connectivity index (χ4n) is 2.10. The molecule has 0 saturated heterocycles. The number of hydrogen-bond acceptors (Lipinski definition) is 3. The van der Waals surface area contributed by atoms with Gasteiger partial charge in [-0.15, -0.1) is 11.3 Å². The van der Waals surface area contributed by atoms with Crippen LogP contribution in [-0.4, -0.2) is 4.98 Å². The summed E-state index contributed by atoms with van der Waals surface area (Å²) in [6, 6.07) is 14.9. The van der Waals surface area contributed by atoms with E-state index in [4.69, 9.17) is 0 Å². The van der Waals surface area contributed by atoms with Crippen LogP contribution in [0.3, 0.4) is 0 Å². The molecular formula is C15H14N2S. The summed E-state index contributed by atoms with van der Waals surface area (Å²) in [5.41, 5.74) is 4.32. The average molecular weight is 254 g/mol. The van der Waals surface area contributed by atoms with Gasteiger partial charge < -0.3 is 5.32 Å². The van der Waals surface area contributed by atoms with Crippen LogP contribution in [0, 0.1) is 0 Å². The number of nitrogens with one attached hydrogen (secondary N) is 1. The number of hydrogen-bond donors (Lipinski definition) is 1. The number of aromatic nitrogens is 1. The lowest BCUT2D eigenvalue weighted by Crippen LogP contribution is -2.13. The van der Waals surface area contributed by atoms with Crippen LogP contribution >= 0.6 is 11.3 Å². The third kappa shape index (κ3) is 2.42. The van der Waals surface area contributed by atoms with Crippen molar-refractivity contribution in [2.45, 2.75) is 13.1 Å². The Balaban J connectivity index is 1.74.